The van der Waals surface area contributed by atoms with Crippen molar-refractivity contribution in [3.8, 4) is 5.69 Å². The first kappa shape index (κ1) is 19.2. The Hall–Kier alpha value is -3.74. The summed E-state index contributed by atoms with van der Waals surface area (Å²) in [4.78, 5) is 35.5. The molecule has 0 saturated carbocycles. The minimum atomic E-state index is -0.339. The smallest absolute Gasteiger partial charge is 0.278 e. The van der Waals surface area contributed by atoms with Crippen LogP contribution in [0, 0.1) is 6.92 Å². The quantitative estimate of drug-likeness (QED) is 0.558. The molecular formula is C24H23N5O2. The lowest BCUT2D eigenvalue weighted by Gasteiger charge is -2.30. The van der Waals surface area contributed by atoms with E-state index >= 15 is 0 Å². The van der Waals surface area contributed by atoms with Crippen molar-refractivity contribution in [2.45, 2.75) is 25.7 Å². The maximum absolute atomic E-state index is 13.1. The minimum absolute atomic E-state index is 0.0309. The summed E-state index contributed by atoms with van der Waals surface area (Å²) in [5.74, 6) is 0.925. The van der Waals surface area contributed by atoms with Crippen molar-refractivity contribution < 1.29 is 4.79 Å². The number of fused-ring (bicyclic) bond motifs is 1. The predicted molar refractivity (Wildman–Crippen MR) is 119 cm³/mol. The molecule has 4 aromatic rings. The van der Waals surface area contributed by atoms with Crippen LogP contribution in [0.2, 0.25) is 0 Å². The number of benzene rings is 2. The number of aromatic nitrogens is 4. The summed E-state index contributed by atoms with van der Waals surface area (Å²) in [7, 11) is 0. The van der Waals surface area contributed by atoms with Gasteiger partial charge in [-0.25, -0.2) is 9.67 Å². The highest BCUT2D eigenvalue weighted by Crippen LogP contribution is 2.28. The molecule has 2 aromatic heterocycles. The maximum Gasteiger partial charge on any atom is 0.278 e. The van der Waals surface area contributed by atoms with Crippen LogP contribution >= 0.6 is 0 Å². The highest BCUT2D eigenvalue weighted by molar-refractivity contribution is 5.92. The van der Waals surface area contributed by atoms with Gasteiger partial charge in [0.25, 0.3) is 5.91 Å². The summed E-state index contributed by atoms with van der Waals surface area (Å²) < 4.78 is 1.65. The van der Waals surface area contributed by atoms with Crippen LogP contribution < -0.4 is 5.43 Å². The molecule has 0 spiro atoms. The summed E-state index contributed by atoms with van der Waals surface area (Å²) in [6.45, 7) is 2.95. The lowest BCUT2D eigenvalue weighted by molar-refractivity contribution is 0.0702. The zero-order chi connectivity index (χ0) is 21.4. The van der Waals surface area contributed by atoms with E-state index in [1.165, 1.54) is 6.07 Å². The fourth-order valence-corrected chi connectivity index (χ4v) is 4.20. The number of rotatable bonds is 3. The maximum atomic E-state index is 13.1. The number of amides is 1. The van der Waals surface area contributed by atoms with E-state index in [1.807, 2.05) is 61.5 Å². The van der Waals surface area contributed by atoms with Gasteiger partial charge in [-0.1, -0.05) is 30.3 Å². The highest BCUT2D eigenvalue weighted by Gasteiger charge is 2.28. The molecule has 0 atom stereocenters. The van der Waals surface area contributed by atoms with Crippen LogP contribution in [0.1, 0.15) is 40.8 Å². The normalized spacial score (nSPS) is 14.8. The third-order valence-electron chi connectivity index (χ3n) is 5.89. The Morgan fingerprint density at radius 1 is 1.03 bits per heavy atom. The highest BCUT2D eigenvalue weighted by atomic mass is 16.2. The van der Waals surface area contributed by atoms with E-state index in [0.717, 1.165) is 35.4 Å². The standard InChI is InChI=1S/C24H23N5O2/c1-16-15-21(30)22(27-29(16)18-7-3-2-4-8-18)24(31)28-13-11-17(12-14-28)23-25-19-9-5-6-10-20(19)26-23/h2-10,15,17H,11-14H2,1H3,(H,25,26). The van der Waals surface area contributed by atoms with Gasteiger partial charge in [0.05, 0.1) is 16.7 Å². The minimum Gasteiger partial charge on any atom is -0.342 e. The summed E-state index contributed by atoms with van der Waals surface area (Å²) in [6.07, 6.45) is 1.59. The van der Waals surface area contributed by atoms with Gasteiger partial charge in [0.15, 0.2) is 5.69 Å². The number of aromatic amines is 1. The molecule has 0 aliphatic carbocycles. The second kappa shape index (κ2) is 7.83. The van der Waals surface area contributed by atoms with E-state index in [2.05, 4.69) is 10.1 Å². The Bertz CT molecular complexity index is 1270. The molecule has 5 rings (SSSR count). The Kier molecular flexibility index (Phi) is 4.86. The van der Waals surface area contributed by atoms with Gasteiger partial charge in [-0.05, 0) is 44.0 Å². The number of para-hydroxylation sites is 3. The third-order valence-corrected chi connectivity index (χ3v) is 5.89. The first-order valence-electron chi connectivity index (χ1n) is 10.5. The Morgan fingerprint density at radius 2 is 1.74 bits per heavy atom. The van der Waals surface area contributed by atoms with E-state index in [9.17, 15) is 9.59 Å². The van der Waals surface area contributed by atoms with Crippen LogP contribution in [0.4, 0.5) is 0 Å². The molecule has 1 saturated heterocycles. The van der Waals surface area contributed by atoms with E-state index in [-0.39, 0.29) is 22.9 Å². The molecule has 156 valence electrons. The number of hydrogen-bond acceptors (Lipinski definition) is 4. The number of carbonyl (C=O) groups is 1. The zero-order valence-corrected chi connectivity index (χ0v) is 17.3. The number of imidazole rings is 1. The number of H-pyrrole nitrogens is 1. The van der Waals surface area contributed by atoms with Crippen molar-refractivity contribution in [3.63, 3.8) is 0 Å². The van der Waals surface area contributed by atoms with Gasteiger partial charge < -0.3 is 9.88 Å². The lowest BCUT2D eigenvalue weighted by Crippen LogP contribution is -2.41. The SMILES string of the molecule is Cc1cc(=O)c(C(=O)N2CCC(c3nc4ccccc4[nH]3)CC2)nn1-c1ccccc1. The average molecular weight is 413 g/mol. The average Bonchev–Trinajstić information content (AvgIpc) is 3.24. The molecule has 0 bridgehead atoms. The number of likely N-dealkylation sites (tertiary alicyclic amines) is 1. The molecule has 1 aliphatic rings. The first-order valence-corrected chi connectivity index (χ1v) is 10.5. The van der Waals surface area contributed by atoms with Crippen molar-refractivity contribution in [1.82, 2.24) is 24.6 Å². The number of piperidine rings is 1. The van der Waals surface area contributed by atoms with Gasteiger partial charge in [0.2, 0.25) is 5.43 Å². The monoisotopic (exact) mass is 413 g/mol. The molecule has 7 nitrogen and oxygen atoms in total. The molecule has 1 N–H and O–H groups in total. The molecule has 7 heteroatoms. The lowest BCUT2D eigenvalue weighted by atomic mass is 9.96. The number of carbonyl (C=O) groups excluding carboxylic acids is 1. The van der Waals surface area contributed by atoms with Gasteiger partial charge in [-0.2, -0.15) is 5.10 Å². The van der Waals surface area contributed by atoms with Crippen LogP contribution in [0.5, 0.6) is 0 Å². The molecular weight excluding hydrogens is 390 g/mol. The zero-order valence-electron chi connectivity index (χ0n) is 17.3. The second-order valence-electron chi connectivity index (χ2n) is 7.95. The molecule has 1 aliphatic heterocycles. The van der Waals surface area contributed by atoms with Crippen LogP contribution in [0.25, 0.3) is 16.7 Å². The van der Waals surface area contributed by atoms with E-state index in [4.69, 9.17) is 4.98 Å². The van der Waals surface area contributed by atoms with Crippen molar-refractivity contribution in [2.24, 2.45) is 0 Å². The molecule has 0 unspecified atom stereocenters. The molecule has 3 heterocycles. The first-order chi connectivity index (χ1) is 15.1. The van der Waals surface area contributed by atoms with Gasteiger partial charge >= 0.3 is 0 Å². The van der Waals surface area contributed by atoms with Crippen LogP contribution in [-0.2, 0) is 0 Å². The van der Waals surface area contributed by atoms with Crippen molar-refractivity contribution in [1.29, 1.82) is 0 Å². The number of nitrogens with zero attached hydrogens (tertiary/aromatic N) is 4. The van der Waals surface area contributed by atoms with E-state index in [1.54, 1.807) is 9.58 Å². The number of hydrogen-bond donors (Lipinski definition) is 1. The van der Waals surface area contributed by atoms with Crippen LogP contribution in [0.3, 0.4) is 0 Å². The van der Waals surface area contributed by atoms with Gasteiger partial charge in [-0.3, -0.25) is 9.59 Å². The predicted octanol–water partition coefficient (Wildman–Crippen LogP) is 3.44. The summed E-state index contributed by atoms with van der Waals surface area (Å²) in [6, 6.07) is 19.0. The molecule has 31 heavy (non-hydrogen) atoms. The van der Waals surface area contributed by atoms with Crippen LogP contribution in [0.15, 0.2) is 65.5 Å². The van der Waals surface area contributed by atoms with Crippen molar-refractivity contribution in [2.75, 3.05) is 13.1 Å². The molecule has 0 radical (unpaired) electrons. The second-order valence-corrected chi connectivity index (χ2v) is 7.95. The van der Waals surface area contributed by atoms with Gasteiger partial charge in [0.1, 0.15) is 5.82 Å². The topological polar surface area (TPSA) is 83.9 Å². The largest absolute Gasteiger partial charge is 0.342 e. The molecule has 2 aromatic carbocycles. The van der Waals surface area contributed by atoms with Gasteiger partial charge in [-0.15, -0.1) is 0 Å². The molecule has 1 amide bonds. The Labute approximate surface area is 179 Å². The fraction of sp³-hybridized carbons (Fsp3) is 0.250. The summed E-state index contributed by atoms with van der Waals surface area (Å²) in [5.41, 5.74) is 3.13. The van der Waals surface area contributed by atoms with Crippen molar-refractivity contribution in [3.05, 3.63) is 88.1 Å². The Morgan fingerprint density at radius 3 is 2.48 bits per heavy atom. The van der Waals surface area contributed by atoms with Crippen molar-refractivity contribution >= 4 is 16.9 Å². The Balaban J connectivity index is 1.35. The van der Waals surface area contributed by atoms with Gasteiger partial charge in [0, 0.05) is 30.8 Å². The fourth-order valence-electron chi connectivity index (χ4n) is 4.20. The third kappa shape index (κ3) is 3.63. The number of aryl methyl sites for hydroxylation is 1. The summed E-state index contributed by atoms with van der Waals surface area (Å²) >= 11 is 0. The van der Waals surface area contributed by atoms with E-state index < -0.39 is 0 Å². The molecule has 1 fully saturated rings. The summed E-state index contributed by atoms with van der Waals surface area (Å²) in [5, 5.41) is 4.42. The number of nitrogens with one attached hydrogen (secondary N) is 1. The van der Waals surface area contributed by atoms with E-state index in [0.29, 0.717) is 18.8 Å². The van der Waals surface area contributed by atoms with Crippen LogP contribution in [-0.4, -0.2) is 43.6 Å².